The lowest BCUT2D eigenvalue weighted by atomic mass is 10.1. The average Bonchev–Trinajstić information content (AvgIpc) is 3.38. The maximum atomic E-state index is 13.4. The third-order valence-electron chi connectivity index (χ3n) is 5.73. The Morgan fingerprint density at radius 2 is 1.93 bits per heavy atom. The van der Waals surface area contributed by atoms with Crippen molar-refractivity contribution in [2.24, 2.45) is 5.92 Å². The minimum absolute atomic E-state index is 0.00254. The van der Waals surface area contributed by atoms with Gasteiger partial charge < -0.3 is 19.7 Å². The highest BCUT2D eigenvalue weighted by molar-refractivity contribution is 6.00. The molecule has 5 rings (SSSR count). The van der Waals surface area contributed by atoms with Gasteiger partial charge in [0.2, 0.25) is 11.8 Å². The van der Waals surface area contributed by atoms with Crippen molar-refractivity contribution in [3.8, 4) is 11.5 Å². The van der Waals surface area contributed by atoms with Crippen molar-refractivity contribution >= 4 is 17.5 Å². The number of hydrogen-bond acceptors (Lipinski definition) is 4. The quantitative estimate of drug-likeness (QED) is 0.863. The Bertz CT molecular complexity index is 979. The third-order valence-corrected chi connectivity index (χ3v) is 5.73. The molecule has 2 aliphatic heterocycles. The summed E-state index contributed by atoms with van der Waals surface area (Å²) in [7, 11) is 0. The highest BCUT2D eigenvalue weighted by atomic mass is 19.1. The van der Waals surface area contributed by atoms with Gasteiger partial charge in [-0.05, 0) is 36.2 Å². The van der Waals surface area contributed by atoms with E-state index in [1.54, 1.807) is 23.1 Å². The van der Waals surface area contributed by atoms with Crippen LogP contribution in [0.25, 0.3) is 0 Å². The first-order valence-electron chi connectivity index (χ1n) is 9.84. The smallest absolute Gasteiger partial charge is 0.227 e. The molecule has 1 saturated carbocycles. The monoisotopic (exact) mass is 396 g/mol. The summed E-state index contributed by atoms with van der Waals surface area (Å²) in [6, 6.07) is 11.9. The molecule has 1 aliphatic carbocycles. The van der Waals surface area contributed by atoms with E-state index >= 15 is 0 Å². The molecule has 0 radical (unpaired) electrons. The summed E-state index contributed by atoms with van der Waals surface area (Å²) in [4.78, 5) is 26.8. The number of ether oxygens (including phenoxy) is 2. The summed E-state index contributed by atoms with van der Waals surface area (Å²) >= 11 is 0. The largest absolute Gasteiger partial charge is 0.486 e. The Kier molecular flexibility index (Phi) is 4.38. The van der Waals surface area contributed by atoms with Gasteiger partial charge in [-0.25, -0.2) is 4.39 Å². The second kappa shape index (κ2) is 7.06. The molecule has 0 spiro atoms. The van der Waals surface area contributed by atoms with Crippen LogP contribution >= 0.6 is 0 Å². The van der Waals surface area contributed by atoms with E-state index in [4.69, 9.17) is 9.47 Å². The lowest BCUT2D eigenvalue weighted by molar-refractivity contribution is -0.126. The van der Waals surface area contributed by atoms with E-state index in [1.807, 2.05) is 12.1 Å². The maximum Gasteiger partial charge on any atom is 0.227 e. The van der Waals surface area contributed by atoms with E-state index in [0.29, 0.717) is 36.9 Å². The Hall–Kier alpha value is -3.09. The predicted octanol–water partition coefficient (Wildman–Crippen LogP) is 2.62. The minimum atomic E-state index is -0.399. The minimum Gasteiger partial charge on any atom is -0.486 e. The number of hydrogen-bond donors (Lipinski definition) is 1. The second-order valence-corrected chi connectivity index (χ2v) is 7.75. The normalized spacial score (nSPS) is 25.1. The first kappa shape index (κ1) is 18.0. The molecule has 3 unspecified atom stereocenters. The molecule has 6 nitrogen and oxygen atoms in total. The number of halogens is 1. The van der Waals surface area contributed by atoms with Gasteiger partial charge >= 0.3 is 0 Å². The topological polar surface area (TPSA) is 67.9 Å². The standard InChI is InChI=1S/C22H21FN2O4/c23-15-3-1-2-13(8-15)17-11-18(17)24-22(27)14-9-21(26)25(12-14)16-4-5-19-20(10-16)29-7-6-28-19/h1-5,8,10,14,17-18H,6-7,9,11-12H2,(H,24,27). The van der Waals surface area contributed by atoms with Gasteiger partial charge in [0, 0.05) is 36.7 Å². The van der Waals surface area contributed by atoms with Crippen molar-refractivity contribution < 1.29 is 23.5 Å². The summed E-state index contributed by atoms with van der Waals surface area (Å²) in [6.07, 6.45) is 0.972. The molecule has 0 bridgehead atoms. The molecular weight excluding hydrogens is 375 g/mol. The summed E-state index contributed by atoms with van der Waals surface area (Å²) in [5.74, 6) is 0.547. The molecule has 29 heavy (non-hydrogen) atoms. The average molecular weight is 396 g/mol. The number of nitrogens with one attached hydrogen (secondary N) is 1. The van der Waals surface area contributed by atoms with E-state index in [9.17, 15) is 14.0 Å². The van der Waals surface area contributed by atoms with Crippen LogP contribution in [0.2, 0.25) is 0 Å². The summed E-state index contributed by atoms with van der Waals surface area (Å²) in [5.41, 5.74) is 1.61. The number of nitrogens with zero attached hydrogens (tertiary/aromatic N) is 1. The zero-order valence-electron chi connectivity index (χ0n) is 15.8. The fourth-order valence-electron chi connectivity index (χ4n) is 4.09. The summed E-state index contributed by atoms with van der Waals surface area (Å²) < 4.78 is 24.5. The zero-order valence-corrected chi connectivity index (χ0v) is 15.8. The Morgan fingerprint density at radius 3 is 2.76 bits per heavy atom. The molecule has 2 fully saturated rings. The van der Waals surface area contributed by atoms with Gasteiger partial charge in [0.05, 0.1) is 5.92 Å². The van der Waals surface area contributed by atoms with Crippen molar-refractivity contribution in [3.05, 3.63) is 53.8 Å². The van der Waals surface area contributed by atoms with Crippen molar-refractivity contribution in [1.29, 1.82) is 0 Å². The van der Waals surface area contributed by atoms with Gasteiger partial charge in [0.25, 0.3) is 0 Å². The number of carbonyl (C=O) groups is 2. The van der Waals surface area contributed by atoms with Crippen LogP contribution in [0.5, 0.6) is 11.5 Å². The maximum absolute atomic E-state index is 13.4. The summed E-state index contributed by atoms with van der Waals surface area (Å²) in [5, 5.41) is 3.02. The van der Waals surface area contributed by atoms with Crippen LogP contribution in [-0.2, 0) is 9.59 Å². The molecule has 1 saturated heterocycles. The molecule has 3 atom stereocenters. The SMILES string of the molecule is O=C(NC1CC1c1cccc(F)c1)C1CC(=O)N(c2ccc3c(c2)OCCO3)C1. The molecule has 2 aromatic carbocycles. The predicted molar refractivity (Wildman–Crippen MR) is 104 cm³/mol. The molecule has 7 heteroatoms. The molecule has 1 N–H and O–H groups in total. The van der Waals surface area contributed by atoms with Crippen LogP contribution in [0.4, 0.5) is 10.1 Å². The molecule has 2 aromatic rings. The molecule has 2 amide bonds. The van der Waals surface area contributed by atoms with Gasteiger partial charge in [0.1, 0.15) is 19.0 Å². The number of benzene rings is 2. The van der Waals surface area contributed by atoms with Gasteiger partial charge in [-0.2, -0.15) is 0 Å². The first-order chi connectivity index (χ1) is 14.1. The number of carbonyl (C=O) groups excluding carboxylic acids is 2. The van der Waals surface area contributed by atoms with E-state index in [-0.39, 0.29) is 36.0 Å². The van der Waals surface area contributed by atoms with Gasteiger partial charge in [-0.3, -0.25) is 9.59 Å². The van der Waals surface area contributed by atoms with Crippen LogP contribution in [0.15, 0.2) is 42.5 Å². The Labute approximate surface area is 167 Å². The van der Waals surface area contributed by atoms with Crippen molar-refractivity contribution in [3.63, 3.8) is 0 Å². The molecular formula is C22H21FN2O4. The fraction of sp³-hybridized carbons (Fsp3) is 0.364. The van der Waals surface area contributed by atoms with Gasteiger partial charge in [-0.1, -0.05) is 12.1 Å². The van der Waals surface area contributed by atoms with E-state index < -0.39 is 5.92 Å². The van der Waals surface area contributed by atoms with Crippen LogP contribution in [0, 0.1) is 11.7 Å². The molecule has 0 aromatic heterocycles. The van der Waals surface area contributed by atoms with E-state index in [0.717, 1.165) is 12.0 Å². The van der Waals surface area contributed by atoms with Crippen LogP contribution < -0.4 is 19.7 Å². The highest BCUT2D eigenvalue weighted by Gasteiger charge is 2.43. The Balaban J connectivity index is 1.22. The van der Waals surface area contributed by atoms with Gasteiger partial charge in [0.15, 0.2) is 11.5 Å². The summed E-state index contributed by atoms with van der Waals surface area (Å²) in [6.45, 7) is 1.32. The Morgan fingerprint density at radius 1 is 1.10 bits per heavy atom. The molecule has 150 valence electrons. The van der Waals surface area contributed by atoms with Crippen molar-refractivity contribution in [1.82, 2.24) is 5.32 Å². The number of amides is 2. The van der Waals surface area contributed by atoms with Crippen LogP contribution in [-0.4, -0.2) is 37.6 Å². The zero-order chi connectivity index (χ0) is 20.0. The van der Waals surface area contributed by atoms with E-state index in [2.05, 4.69) is 5.32 Å². The fourth-order valence-corrected chi connectivity index (χ4v) is 4.09. The van der Waals surface area contributed by atoms with Crippen molar-refractivity contribution in [2.45, 2.75) is 24.8 Å². The van der Waals surface area contributed by atoms with Crippen LogP contribution in [0.1, 0.15) is 24.3 Å². The third kappa shape index (κ3) is 3.52. The highest BCUT2D eigenvalue weighted by Crippen LogP contribution is 2.41. The van der Waals surface area contributed by atoms with Gasteiger partial charge in [-0.15, -0.1) is 0 Å². The first-order valence-corrected chi connectivity index (χ1v) is 9.84. The second-order valence-electron chi connectivity index (χ2n) is 7.75. The lowest BCUT2D eigenvalue weighted by Crippen LogP contribution is -2.34. The number of rotatable bonds is 4. The number of fused-ring (bicyclic) bond motifs is 1. The number of anilines is 1. The lowest BCUT2D eigenvalue weighted by Gasteiger charge is -2.22. The van der Waals surface area contributed by atoms with Crippen molar-refractivity contribution in [2.75, 3.05) is 24.7 Å². The van der Waals surface area contributed by atoms with E-state index in [1.165, 1.54) is 12.1 Å². The van der Waals surface area contributed by atoms with Crippen LogP contribution in [0.3, 0.4) is 0 Å². The molecule has 2 heterocycles. The molecule has 3 aliphatic rings.